The van der Waals surface area contributed by atoms with E-state index in [2.05, 4.69) is 25.1 Å². The van der Waals surface area contributed by atoms with Crippen molar-refractivity contribution in [3.8, 4) is 5.82 Å². The molecular weight excluding hydrogens is 358 g/mol. The Kier molecular flexibility index (Phi) is 5.54. The van der Waals surface area contributed by atoms with Gasteiger partial charge < -0.3 is 14.5 Å². The van der Waals surface area contributed by atoms with E-state index in [0.29, 0.717) is 25.5 Å². The molecule has 0 aromatic carbocycles. The fourth-order valence-corrected chi connectivity index (χ4v) is 3.82. The third kappa shape index (κ3) is 4.31. The minimum Gasteiger partial charge on any atom is -0.372 e. The summed E-state index contributed by atoms with van der Waals surface area (Å²) < 4.78 is 7.41. The highest BCUT2D eigenvalue weighted by Crippen LogP contribution is 2.15. The number of aromatic nitrogens is 4. The van der Waals surface area contributed by atoms with Crippen LogP contribution >= 0.6 is 0 Å². The van der Waals surface area contributed by atoms with Gasteiger partial charge in [-0.3, -0.25) is 9.69 Å². The average molecular weight is 385 g/mol. The Hall–Kier alpha value is -2.52. The predicted molar refractivity (Wildman–Crippen MR) is 104 cm³/mol. The minimum absolute atomic E-state index is 0.104. The van der Waals surface area contributed by atoms with Crippen LogP contribution in [-0.2, 0) is 9.53 Å². The molecule has 2 aliphatic heterocycles. The standard InChI is InChI=1S/C19H27N7O2/c1-15-12-25(13-16(2)28-15)19(27)14-23-8-10-24(11-9-23)17-4-5-18(22-21-17)26-7-3-6-20-26/h3-7,15-16H,8-14H2,1-2H3. The summed E-state index contributed by atoms with van der Waals surface area (Å²) in [6.45, 7) is 9.21. The van der Waals surface area contributed by atoms with Crippen LogP contribution in [0.2, 0.25) is 0 Å². The fourth-order valence-electron chi connectivity index (χ4n) is 3.82. The Bertz CT molecular complexity index is 762. The van der Waals surface area contributed by atoms with Crippen molar-refractivity contribution in [2.45, 2.75) is 26.1 Å². The van der Waals surface area contributed by atoms with Crippen LogP contribution in [0.1, 0.15) is 13.8 Å². The average Bonchev–Trinajstić information content (AvgIpc) is 3.23. The summed E-state index contributed by atoms with van der Waals surface area (Å²) in [7, 11) is 0. The molecule has 4 rings (SSSR count). The van der Waals surface area contributed by atoms with E-state index < -0.39 is 0 Å². The highest BCUT2D eigenvalue weighted by atomic mass is 16.5. The number of carbonyl (C=O) groups is 1. The van der Waals surface area contributed by atoms with Crippen molar-refractivity contribution >= 4 is 11.7 Å². The summed E-state index contributed by atoms with van der Waals surface area (Å²) in [6.07, 6.45) is 3.77. The second-order valence-corrected chi connectivity index (χ2v) is 7.52. The summed E-state index contributed by atoms with van der Waals surface area (Å²) in [4.78, 5) is 19.0. The Morgan fingerprint density at radius 2 is 1.75 bits per heavy atom. The van der Waals surface area contributed by atoms with Crippen LogP contribution in [0.3, 0.4) is 0 Å². The molecule has 2 saturated heterocycles. The second kappa shape index (κ2) is 8.24. The van der Waals surface area contributed by atoms with Crippen LogP contribution in [0.15, 0.2) is 30.6 Å². The molecule has 28 heavy (non-hydrogen) atoms. The van der Waals surface area contributed by atoms with E-state index in [1.165, 1.54) is 0 Å². The van der Waals surface area contributed by atoms with Crippen molar-refractivity contribution in [2.24, 2.45) is 0 Å². The number of carbonyl (C=O) groups excluding carboxylic acids is 1. The van der Waals surface area contributed by atoms with Gasteiger partial charge in [-0.05, 0) is 32.0 Å². The monoisotopic (exact) mass is 385 g/mol. The molecule has 2 aromatic rings. The van der Waals surface area contributed by atoms with Gasteiger partial charge in [-0.1, -0.05) is 0 Å². The molecule has 2 aromatic heterocycles. The van der Waals surface area contributed by atoms with Crippen LogP contribution in [0.25, 0.3) is 5.82 Å². The van der Waals surface area contributed by atoms with Crippen LogP contribution in [-0.4, -0.2) is 93.7 Å². The molecule has 2 unspecified atom stereocenters. The number of rotatable bonds is 4. The van der Waals surface area contributed by atoms with Gasteiger partial charge in [0.1, 0.15) is 0 Å². The Balaban J connectivity index is 1.28. The third-order valence-electron chi connectivity index (χ3n) is 5.20. The molecule has 0 N–H and O–H groups in total. The first kappa shape index (κ1) is 18.8. The zero-order valence-corrected chi connectivity index (χ0v) is 16.4. The summed E-state index contributed by atoms with van der Waals surface area (Å²) in [5.41, 5.74) is 0. The summed E-state index contributed by atoms with van der Waals surface area (Å²) in [5.74, 6) is 1.75. The van der Waals surface area contributed by atoms with Gasteiger partial charge in [0.2, 0.25) is 5.91 Å². The fraction of sp³-hybridized carbons (Fsp3) is 0.579. The normalized spacial score (nSPS) is 23.8. The van der Waals surface area contributed by atoms with Crippen molar-refractivity contribution in [3.05, 3.63) is 30.6 Å². The highest BCUT2D eigenvalue weighted by molar-refractivity contribution is 5.78. The van der Waals surface area contributed by atoms with Crippen molar-refractivity contribution in [2.75, 3.05) is 50.7 Å². The van der Waals surface area contributed by atoms with Crippen molar-refractivity contribution in [1.82, 2.24) is 29.8 Å². The lowest BCUT2D eigenvalue weighted by molar-refractivity contribution is -0.144. The number of nitrogens with zero attached hydrogens (tertiary/aromatic N) is 7. The topological polar surface area (TPSA) is 79.6 Å². The summed E-state index contributed by atoms with van der Waals surface area (Å²) in [6, 6.07) is 5.75. The quantitative estimate of drug-likeness (QED) is 0.755. The molecule has 0 radical (unpaired) electrons. The van der Waals surface area contributed by atoms with Gasteiger partial charge >= 0.3 is 0 Å². The zero-order chi connectivity index (χ0) is 19.5. The summed E-state index contributed by atoms with van der Waals surface area (Å²) in [5, 5.41) is 12.8. The van der Waals surface area contributed by atoms with Crippen molar-refractivity contribution < 1.29 is 9.53 Å². The molecule has 0 saturated carbocycles. The largest absolute Gasteiger partial charge is 0.372 e. The number of hydrogen-bond acceptors (Lipinski definition) is 7. The van der Waals surface area contributed by atoms with E-state index in [-0.39, 0.29) is 18.1 Å². The summed E-state index contributed by atoms with van der Waals surface area (Å²) >= 11 is 0. The zero-order valence-electron chi connectivity index (χ0n) is 16.4. The smallest absolute Gasteiger partial charge is 0.236 e. The first-order valence-corrected chi connectivity index (χ1v) is 9.83. The molecule has 4 heterocycles. The first-order valence-electron chi connectivity index (χ1n) is 9.83. The number of amides is 1. The van der Waals surface area contributed by atoms with Gasteiger partial charge in [-0.15, -0.1) is 10.2 Å². The number of anilines is 1. The van der Waals surface area contributed by atoms with Gasteiger partial charge in [0.25, 0.3) is 0 Å². The number of ether oxygens (including phenoxy) is 1. The molecule has 2 atom stereocenters. The molecule has 0 aliphatic carbocycles. The Morgan fingerprint density at radius 1 is 1.07 bits per heavy atom. The Labute approximate surface area is 164 Å². The minimum atomic E-state index is 0.104. The van der Waals surface area contributed by atoms with Crippen molar-refractivity contribution in [3.63, 3.8) is 0 Å². The first-order chi connectivity index (χ1) is 13.6. The maximum Gasteiger partial charge on any atom is 0.236 e. The molecule has 0 bridgehead atoms. The van der Waals surface area contributed by atoms with Crippen LogP contribution in [0.5, 0.6) is 0 Å². The molecule has 2 fully saturated rings. The third-order valence-corrected chi connectivity index (χ3v) is 5.20. The van der Waals surface area contributed by atoms with E-state index in [1.807, 2.05) is 43.1 Å². The van der Waals surface area contributed by atoms with E-state index in [1.54, 1.807) is 10.9 Å². The predicted octanol–water partition coefficient (Wildman–Crippen LogP) is 0.420. The van der Waals surface area contributed by atoms with Gasteiger partial charge in [0.15, 0.2) is 11.6 Å². The molecule has 9 heteroatoms. The maximum absolute atomic E-state index is 12.6. The van der Waals surface area contributed by atoms with E-state index >= 15 is 0 Å². The molecular formula is C19H27N7O2. The van der Waals surface area contributed by atoms with Gasteiger partial charge in [0, 0.05) is 51.7 Å². The number of piperazine rings is 1. The van der Waals surface area contributed by atoms with E-state index in [0.717, 1.165) is 32.0 Å². The number of morpholine rings is 1. The van der Waals surface area contributed by atoms with Gasteiger partial charge in [-0.25, -0.2) is 4.68 Å². The lowest BCUT2D eigenvalue weighted by Gasteiger charge is -2.38. The SMILES string of the molecule is CC1CN(C(=O)CN2CCN(c3ccc(-n4cccn4)nn3)CC2)CC(C)O1. The van der Waals surface area contributed by atoms with Crippen LogP contribution in [0, 0.1) is 0 Å². The van der Waals surface area contributed by atoms with Gasteiger partial charge in [-0.2, -0.15) is 5.10 Å². The molecule has 2 aliphatic rings. The maximum atomic E-state index is 12.6. The van der Waals surface area contributed by atoms with Gasteiger partial charge in [0.05, 0.1) is 18.8 Å². The van der Waals surface area contributed by atoms with E-state index in [9.17, 15) is 4.79 Å². The van der Waals surface area contributed by atoms with Crippen LogP contribution in [0.4, 0.5) is 5.82 Å². The molecule has 0 spiro atoms. The molecule has 1 amide bonds. The molecule has 9 nitrogen and oxygen atoms in total. The van der Waals surface area contributed by atoms with E-state index in [4.69, 9.17) is 4.74 Å². The second-order valence-electron chi connectivity index (χ2n) is 7.52. The highest BCUT2D eigenvalue weighted by Gasteiger charge is 2.28. The Morgan fingerprint density at radius 3 is 2.36 bits per heavy atom. The molecule has 150 valence electrons. The number of hydrogen-bond donors (Lipinski definition) is 0. The lowest BCUT2D eigenvalue weighted by atomic mass is 10.2. The van der Waals surface area contributed by atoms with Crippen LogP contribution < -0.4 is 4.90 Å². The van der Waals surface area contributed by atoms with Crippen molar-refractivity contribution in [1.29, 1.82) is 0 Å². The lowest BCUT2D eigenvalue weighted by Crippen LogP contribution is -2.54.